The molecule has 3 nitrogen and oxygen atoms in total. The average Bonchev–Trinajstić information content (AvgIpc) is 2.40. The van der Waals surface area contributed by atoms with Crippen molar-refractivity contribution in [3.63, 3.8) is 0 Å². The van der Waals surface area contributed by atoms with Gasteiger partial charge in [-0.3, -0.25) is 9.80 Å². The number of hydrogen-bond acceptors (Lipinski definition) is 3. The summed E-state index contributed by atoms with van der Waals surface area (Å²) < 4.78 is 12.8. The summed E-state index contributed by atoms with van der Waals surface area (Å²) in [7, 11) is 2.19. The van der Waals surface area contributed by atoms with Crippen LogP contribution in [-0.4, -0.2) is 79.3 Å². The van der Waals surface area contributed by atoms with E-state index in [1.54, 1.807) is 0 Å². The van der Waals surface area contributed by atoms with Gasteiger partial charge in [0.05, 0.1) is 0 Å². The summed E-state index contributed by atoms with van der Waals surface area (Å²) in [4.78, 5) is 7.12. The number of rotatable bonds is 2. The van der Waals surface area contributed by atoms with Crippen LogP contribution in [0.5, 0.6) is 0 Å². The molecule has 0 saturated carbocycles. The van der Waals surface area contributed by atoms with E-state index in [-0.39, 0.29) is 0 Å². The molecule has 2 rings (SSSR count). The highest BCUT2D eigenvalue weighted by Gasteiger charge is 2.20. The highest BCUT2D eigenvalue weighted by molar-refractivity contribution is 4.74. The number of piperidine rings is 1. The maximum absolute atomic E-state index is 12.8. The van der Waals surface area contributed by atoms with Gasteiger partial charge in [-0.2, -0.15) is 0 Å². The lowest BCUT2D eigenvalue weighted by Crippen LogP contribution is -2.47. The summed E-state index contributed by atoms with van der Waals surface area (Å²) in [5, 5.41) is 0. The first-order valence-corrected chi connectivity index (χ1v) is 8.21. The van der Waals surface area contributed by atoms with E-state index in [9.17, 15) is 4.39 Å². The second-order valence-electron chi connectivity index (χ2n) is 6.76. The SMILES string of the molecule is CC(C)N1CCCC(F)C1.CC(C)N1CCN(C)CC1. The van der Waals surface area contributed by atoms with E-state index in [4.69, 9.17) is 0 Å². The van der Waals surface area contributed by atoms with Crippen LogP contribution in [0, 0.1) is 0 Å². The molecule has 0 aromatic heterocycles. The van der Waals surface area contributed by atoms with Gasteiger partial charge in [0, 0.05) is 44.8 Å². The van der Waals surface area contributed by atoms with Gasteiger partial charge >= 0.3 is 0 Å². The fraction of sp³-hybridized carbons (Fsp3) is 1.00. The van der Waals surface area contributed by atoms with Crippen molar-refractivity contribution in [3.05, 3.63) is 0 Å². The minimum atomic E-state index is -0.573. The predicted octanol–water partition coefficient (Wildman–Crippen LogP) is 2.47. The first-order chi connectivity index (χ1) is 9.40. The Hall–Kier alpha value is -0.190. The normalized spacial score (nSPS) is 26.7. The molecule has 0 aromatic carbocycles. The van der Waals surface area contributed by atoms with E-state index in [0.717, 1.165) is 25.4 Å². The molecule has 120 valence electrons. The standard InChI is InChI=1S/C8H16FN.C8H18N2/c1-7(2)10-5-3-4-8(9)6-10;1-8(2)10-6-4-9(3)5-7-10/h7-8H,3-6H2,1-2H3;8H,4-7H2,1-3H3. The number of nitrogens with zero attached hydrogens (tertiary/aromatic N) is 3. The van der Waals surface area contributed by atoms with Gasteiger partial charge in [-0.15, -0.1) is 0 Å². The van der Waals surface area contributed by atoms with E-state index < -0.39 is 6.17 Å². The largest absolute Gasteiger partial charge is 0.304 e. The quantitative estimate of drug-likeness (QED) is 0.772. The topological polar surface area (TPSA) is 9.72 Å². The van der Waals surface area contributed by atoms with Crippen LogP contribution in [-0.2, 0) is 0 Å². The molecular formula is C16H34FN3. The number of likely N-dealkylation sites (N-methyl/N-ethyl adjacent to an activating group) is 1. The first-order valence-electron chi connectivity index (χ1n) is 8.21. The smallest absolute Gasteiger partial charge is 0.113 e. The number of halogens is 1. The van der Waals surface area contributed by atoms with Crippen LogP contribution in [0.2, 0.25) is 0 Å². The fourth-order valence-corrected chi connectivity index (χ4v) is 2.76. The maximum atomic E-state index is 12.8. The molecule has 1 atom stereocenters. The maximum Gasteiger partial charge on any atom is 0.113 e. The Balaban J connectivity index is 0.000000200. The predicted molar refractivity (Wildman–Crippen MR) is 85.0 cm³/mol. The van der Waals surface area contributed by atoms with Gasteiger partial charge in [0.25, 0.3) is 0 Å². The molecule has 0 spiro atoms. The molecule has 2 heterocycles. The zero-order valence-corrected chi connectivity index (χ0v) is 14.1. The Morgan fingerprint density at radius 3 is 1.80 bits per heavy atom. The van der Waals surface area contributed by atoms with Crippen LogP contribution in [0.15, 0.2) is 0 Å². The summed E-state index contributed by atoms with van der Waals surface area (Å²) in [5.41, 5.74) is 0. The molecule has 20 heavy (non-hydrogen) atoms. The highest BCUT2D eigenvalue weighted by Crippen LogP contribution is 2.14. The molecule has 0 bridgehead atoms. The number of likely N-dealkylation sites (tertiary alicyclic amines) is 1. The van der Waals surface area contributed by atoms with E-state index in [1.165, 1.54) is 26.2 Å². The van der Waals surface area contributed by atoms with E-state index in [1.807, 2.05) is 0 Å². The number of hydrogen-bond donors (Lipinski definition) is 0. The third kappa shape index (κ3) is 6.51. The molecular weight excluding hydrogens is 253 g/mol. The zero-order valence-electron chi connectivity index (χ0n) is 14.1. The summed E-state index contributed by atoms with van der Waals surface area (Å²) in [6.45, 7) is 15.5. The zero-order chi connectivity index (χ0) is 15.1. The molecule has 0 aliphatic carbocycles. The van der Waals surface area contributed by atoms with E-state index in [0.29, 0.717) is 12.6 Å². The van der Waals surface area contributed by atoms with Crippen LogP contribution in [0.4, 0.5) is 4.39 Å². The first kappa shape index (κ1) is 17.9. The molecule has 1 unspecified atom stereocenters. The minimum absolute atomic E-state index is 0.513. The van der Waals surface area contributed by atoms with Crippen molar-refractivity contribution in [3.8, 4) is 0 Å². The fourth-order valence-electron chi connectivity index (χ4n) is 2.76. The van der Waals surface area contributed by atoms with Crippen LogP contribution >= 0.6 is 0 Å². The summed E-state index contributed by atoms with van der Waals surface area (Å²) in [6.07, 6.45) is 1.22. The third-order valence-corrected chi connectivity index (χ3v) is 4.39. The van der Waals surface area contributed by atoms with Gasteiger partial charge in [-0.1, -0.05) is 0 Å². The molecule has 4 heteroatoms. The van der Waals surface area contributed by atoms with Crippen LogP contribution in [0.1, 0.15) is 40.5 Å². The van der Waals surface area contributed by atoms with Crippen molar-refractivity contribution in [2.45, 2.75) is 58.8 Å². The molecule has 0 aromatic rings. The molecule has 0 radical (unpaired) electrons. The second kappa shape index (κ2) is 8.96. The summed E-state index contributed by atoms with van der Waals surface area (Å²) in [6, 6.07) is 1.24. The van der Waals surface area contributed by atoms with Gasteiger partial charge in [0.1, 0.15) is 6.17 Å². The highest BCUT2D eigenvalue weighted by atomic mass is 19.1. The lowest BCUT2D eigenvalue weighted by atomic mass is 10.1. The molecule has 2 fully saturated rings. The third-order valence-electron chi connectivity index (χ3n) is 4.39. The second-order valence-corrected chi connectivity index (χ2v) is 6.76. The summed E-state index contributed by atoms with van der Waals surface area (Å²) >= 11 is 0. The van der Waals surface area contributed by atoms with Crippen molar-refractivity contribution in [1.29, 1.82) is 0 Å². The van der Waals surface area contributed by atoms with Crippen LogP contribution in [0.25, 0.3) is 0 Å². The molecule has 0 N–H and O–H groups in total. The number of piperazine rings is 1. The monoisotopic (exact) mass is 287 g/mol. The van der Waals surface area contributed by atoms with Crippen molar-refractivity contribution in [2.75, 3.05) is 46.3 Å². The van der Waals surface area contributed by atoms with Crippen molar-refractivity contribution >= 4 is 0 Å². The van der Waals surface area contributed by atoms with Crippen molar-refractivity contribution in [2.24, 2.45) is 0 Å². The summed E-state index contributed by atoms with van der Waals surface area (Å²) in [5.74, 6) is 0. The van der Waals surface area contributed by atoms with Gasteiger partial charge in [-0.05, 0) is 54.1 Å². The van der Waals surface area contributed by atoms with Gasteiger partial charge in [-0.25, -0.2) is 4.39 Å². The van der Waals surface area contributed by atoms with Gasteiger partial charge in [0.15, 0.2) is 0 Å². The van der Waals surface area contributed by atoms with Crippen LogP contribution < -0.4 is 0 Å². The Bertz CT molecular complexity index is 250. The lowest BCUT2D eigenvalue weighted by Gasteiger charge is -2.34. The van der Waals surface area contributed by atoms with Crippen molar-refractivity contribution < 1.29 is 4.39 Å². The van der Waals surface area contributed by atoms with Crippen molar-refractivity contribution in [1.82, 2.24) is 14.7 Å². The Kier molecular flexibility index (Phi) is 8.00. The minimum Gasteiger partial charge on any atom is -0.304 e. The van der Waals surface area contributed by atoms with Crippen LogP contribution in [0.3, 0.4) is 0 Å². The molecule has 2 saturated heterocycles. The number of alkyl halides is 1. The molecule has 2 aliphatic rings. The Morgan fingerprint density at radius 1 is 0.850 bits per heavy atom. The lowest BCUT2D eigenvalue weighted by molar-refractivity contribution is 0.112. The molecule has 0 amide bonds. The Morgan fingerprint density at radius 2 is 1.40 bits per heavy atom. The molecule has 2 aliphatic heterocycles. The van der Waals surface area contributed by atoms with E-state index in [2.05, 4.69) is 49.4 Å². The van der Waals surface area contributed by atoms with E-state index >= 15 is 0 Å². The Labute approximate surface area is 125 Å². The average molecular weight is 287 g/mol. The van der Waals surface area contributed by atoms with Gasteiger partial charge < -0.3 is 4.90 Å². The van der Waals surface area contributed by atoms with Gasteiger partial charge in [0.2, 0.25) is 0 Å².